The maximum atomic E-state index is 13.1. The van der Waals surface area contributed by atoms with Gasteiger partial charge in [-0.15, -0.1) is 0 Å². The Bertz CT molecular complexity index is 977. The predicted molar refractivity (Wildman–Crippen MR) is 119 cm³/mol. The molecule has 4 heteroatoms. The molecule has 156 valence electrons. The zero-order valence-corrected chi connectivity index (χ0v) is 18.4. The van der Waals surface area contributed by atoms with E-state index in [1.54, 1.807) is 12.2 Å². The smallest absolute Gasteiger partial charge is 0.219 e. The lowest BCUT2D eigenvalue weighted by Crippen LogP contribution is -2.52. The summed E-state index contributed by atoms with van der Waals surface area (Å²) in [5, 5.41) is 0.0429. The van der Waals surface area contributed by atoms with Gasteiger partial charge in [-0.1, -0.05) is 62.0 Å². The first-order valence-electron chi connectivity index (χ1n) is 11.1. The number of benzene rings is 1. The van der Waals surface area contributed by atoms with Crippen LogP contribution in [0.3, 0.4) is 0 Å². The molecule has 0 radical (unpaired) electrons. The van der Waals surface area contributed by atoms with E-state index in [0.717, 1.165) is 31.3 Å². The Morgan fingerprint density at radius 3 is 2.60 bits per heavy atom. The molecule has 4 aliphatic carbocycles. The normalized spacial score (nSPS) is 39.7. The summed E-state index contributed by atoms with van der Waals surface area (Å²) in [6.07, 6.45) is 10.1. The van der Waals surface area contributed by atoms with Crippen molar-refractivity contribution in [2.24, 2.45) is 28.6 Å². The van der Waals surface area contributed by atoms with E-state index >= 15 is 0 Å². The summed E-state index contributed by atoms with van der Waals surface area (Å²) in [6.45, 7) is 4.42. The molecule has 6 atom stereocenters. The number of hydrogen-bond donors (Lipinski definition) is 0. The zero-order valence-electron chi connectivity index (χ0n) is 17.6. The molecular weight excluding hydrogens is 392 g/mol. The lowest BCUT2D eigenvalue weighted by molar-refractivity contribution is -0.131. The van der Waals surface area contributed by atoms with Gasteiger partial charge >= 0.3 is 0 Å². The van der Waals surface area contributed by atoms with Gasteiger partial charge in [0.15, 0.2) is 5.78 Å². The van der Waals surface area contributed by atoms with Gasteiger partial charge < -0.3 is 0 Å². The Hall–Kier alpha value is -1.94. The first kappa shape index (κ1) is 20.0. The van der Waals surface area contributed by atoms with Crippen LogP contribution in [0.25, 0.3) is 0 Å². The monoisotopic (exact) mass is 420 g/mol. The van der Waals surface area contributed by atoms with Crippen molar-refractivity contribution in [3.63, 3.8) is 0 Å². The lowest BCUT2D eigenvalue weighted by Gasteiger charge is -2.57. The van der Waals surface area contributed by atoms with Crippen molar-refractivity contribution in [1.82, 2.24) is 0 Å². The zero-order chi connectivity index (χ0) is 21.1. The first-order valence-corrected chi connectivity index (χ1v) is 12.0. The molecule has 0 aromatic heterocycles. The number of fused-ring (bicyclic) bond motifs is 5. The van der Waals surface area contributed by atoms with Gasteiger partial charge in [0.25, 0.3) is 0 Å². The second-order valence-electron chi connectivity index (χ2n) is 9.91. The summed E-state index contributed by atoms with van der Waals surface area (Å²) in [4.78, 5) is 38.1. The molecular formula is C26H28O3S. The summed E-state index contributed by atoms with van der Waals surface area (Å²) in [5.74, 6) is 1.69. The number of carbonyl (C=O) groups is 3. The molecule has 3 nitrogen and oxygen atoms in total. The van der Waals surface area contributed by atoms with Gasteiger partial charge in [0, 0.05) is 28.1 Å². The Balaban J connectivity index is 1.52. The van der Waals surface area contributed by atoms with Crippen LogP contribution in [0.5, 0.6) is 0 Å². The van der Waals surface area contributed by atoms with Crippen molar-refractivity contribution in [2.45, 2.75) is 51.2 Å². The molecule has 0 heterocycles. The third kappa shape index (κ3) is 2.90. The number of allylic oxidation sites excluding steroid dienone is 3. The minimum absolute atomic E-state index is 0.0177. The quantitative estimate of drug-likeness (QED) is 0.641. The first-order chi connectivity index (χ1) is 14.3. The fraction of sp³-hybridized carbons (Fsp3) is 0.500. The summed E-state index contributed by atoms with van der Waals surface area (Å²) in [6, 6.07) is 9.40. The van der Waals surface area contributed by atoms with Crippen LogP contribution in [0.1, 0.15) is 56.3 Å². The highest BCUT2D eigenvalue weighted by molar-refractivity contribution is 8.14. The van der Waals surface area contributed by atoms with Crippen molar-refractivity contribution in [1.29, 1.82) is 0 Å². The maximum absolute atomic E-state index is 13.1. The van der Waals surface area contributed by atoms with Crippen molar-refractivity contribution in [3.05, 3.63) is 59.7 Å². The Labute approximate surface area is 182 Å². The number of hydrogen-bond acceptors (Lipinski definition) is 4. The van der Waals surface area contributed by atoms with Crippen LogP contribution in [0, 0.1) is 28.6 Å². The highest BCUT2D eigenvalue weighted by atomic mass is 32.2. The fourth-order valence-corrected chi connectivity index (χ4v) is 8.17. The van der Waals surface area contributed by atoms with E-state index in [2.05, 4.69) is 19.9 Å². The Morgan fingerprint density at radius 2 is 1.83 bits per heavy atom. The van der Waals surface area contributed by atoms with E-state index in [1.807, 2.05) is 30.3 Å². The van der Waals surface area contributed by atoms with E-state index in [0.29, 0.717) is 35.5 Å². The average molecular weight is 421 g/mol. The lowest BCUT2D eigenvalue weighted by atomic mass is 9.48. The minimum atomic E-state index is -0.210. The van der Waals surface area contributed by atoms with E-state index < -0.39 is 0 Å². The third-order valence-electron chi connectivity index (χ3n) is 8.52. The number of ketones is 2. The molecule has 3 fully saturated rings. The Kier molecular flexibility index (Phi) is 4.70. The van der Waals surface area contributed by atoms with Crippen LogP contribution in [0.4, 0.5) is 0 Å². The second-order valence-corrected chi connectivity index (χ2v) is 11.1. The largest absolute Gasteiger partial charge is 0.299 e. The highest BCUT2D eigenvalue weighted by Crippen LogP contribution is 2.64. The number of thioether (sulfide) groups is 1. The third-order valence-corrected chi connectivity index (χ3v) is 9.70. The molecule has 0 amide bonds. The van der Waals surface area contributed by atoms with E-state index in [1.165, 1.54) is 11.8 Å². The molecule has 0 aliphatic heterocycles. The second kappa shape index (κ2) is 7.05. The molecule has 30 heavy (non-hydrogen) atoms. The van der Waals surface area contributed by atoms with Crippen molar-refractivity contribution < 1.29 is 14.4 Å². The standard InChI is InChI=1S/C26H28O3S/c1-25-12-10-17(27)14-21(25)22(30-24(29)16-6-4-3-5-7-16)15-18-19-8-9-23(28)26(19,2)13-11-20(18)25/h3-7,10,12,14,18-20,22H,8-9,11,13,15H2,1-2H3/t18-,19-,20-,22-,25+,26-/m0/s1. The minimum Gasteiger partial charge on any atom is -0.299 e. The molecule has 5 rings (SSSR count). The highest BCUT2D eigenvalue weighted by Gasteiger charge is 2.60. The van der Waals surface area contributed by atoms with Gasteiger partial charge in [-0.2, -0.15) is 0 Å². The van der Waals surface area contributed by atoms with Crippen LogP contribution in [0.2, 0.25) is 0 Å². The SMILES string of the molecule is C[C@]12C=CC(=O)C=C1[C@@H](SC(=O)c1ccccc1)C[C@@H]1[C@@H]2CC[C@]2(C)C(=O)CC[C@@H]12. The van der Waals surface area contributed by atoms with Crippen LogP contribution < -0.4 is 0 Å². The summed E-state index contributed by atoms with van der Waals surface area (Å²) < 4.78 is 0. The molecule has 0 N–H and O–H groups in total. The van der Waals surface area contributed by atoms with Gasteiger partial charge in [0.2, 0.25) is 5.12 Å². The van der Waals surface area contributed by atoms with E-state index in [9.17, 15) is 14.4 Å². The van der Waals surface area contributed by atoms with Gasteiger partial charge in [0.05, 0.1) is 0 Å². The topological polar surface area (TPSA) is 51.2 Å². The molecule has 4 aliphatic rings. The molecule has 1 aromatic carbocycles. The average Bonchev–Trinajstić information content (AvgIpc) is 3.05. The molecule has 0 unspecified atom stereocenters. The molecule has 3 saturated carbocycles. The van der Waals surface area contributed by atoms with Crippen molar-refractivity contribution in [3.8, 4) is 0 Å². The van der Waals surface area contributed by atoms with Gasteiger partial charge in [-0.05, 0) is 61.2 Å². The van der Waals surface area contributed by atoms with Gasteiger partial charge in [0.1, 0.15) is 5.78 Å². The van der Waals surface area contributed by atoms with E-state index in [4.69, 9.17) is 0 Å². The number of rotatable bonds is 2. The molecule has 0 saturated heterocycles. The van der Waals surface area contributed by atoms with Gasteiger partial charge in [-0.3, -0.25) is 14.4 Å². The summed E-state index contributed by atoms with van der Waals surface area (Å²) in [5.41, 5.74) is 1.40. The molecule has 1 aromatic rings. The number of carbonyl (C=O) groups excluding carboxylic acids is 3. The summed E-state index contributed by atoms with van der Waals surface area (Å²) >= 11 is 1.37. The van der Waals surface area contributed by atoms with Crippen molar-refractivity contribution in [2.75, 3.05) is 0 Å². The molecule has 0 bridgehead atoms. The summed E-state index contributed by atoms with van der Waals surface area (Å²) in [7, 11) is 0. The Morgan fingerprint density at radius 1 is 1.07 bits per heavy atom. The maximum Gasteiger partial charge on any atom is 0.219 e. The van der Waals surface area contributed by atoms with Crippen LogP contribution >= 0.6 is 11.8 Å². The predicted octanol–water partition coefficient (Wildman–Crippen LogP) is 5.42. The molecule has 0 spiro atoms. The number of Topliss-reactive ketones (excluding diaryl/α,β-unsaturated/α-hetero) is 1. The fourth-order valence-electron chi connectivity index (χ4n) is 6.87. The van der Waals surface area contributed by atoms with Crippen LogP contribution in [-0.4, -0.2) is 21.9 Å². The van der Waals surface area contributed by atoms with E-state index in [-0.39, 0.29) is 27.0 Å². The van der Waals surface area contributed by atoms with Crippen LogP contribution in [-0.2, 0) is 9.59 Å². The van der Waals surface area contributed by atoms with Crippen molar-refractivity contribution >= 4 is 28.4 Å². The van der Waals surface area contributed by atoms with Gasteiger partial charge in [-0.25, -0.2) is 0 Å². The van der Waals surface area contributed by atoms with Crippen LogP contribution in [0.15, 0.2) is 54.1 Å².